The van der Waals surface area contributed by atoms with Gasteiger partial charge in [0.05, 0.1) is 12.0 Å². The van der Waals surface area contributed by atoms with Crippen LogP contribution in [0.1, 0.15) is 33.1 Å². The number of carbonyl (C=O) groups is 2. The highest BCUT2D eigenvalue weighted by Gasteiger charge is 2.44. The van der Waals surface area contributed by atoms with Crippen LogP contribution in [0.15, 0.2) is 0 Å². The Morgan fingerprint density at radius 3 is 2.47 bits per heavy atom. The van der Waals surface area contributed by atoms with E-state index in [1.165, 1.54) is 0 Å². The molecule has 0 saturated carbocycles. The third kappa shape index (κ3) is 2.91. The van der Waals surface area contributed by atoms with E-state index in [0.29, 0.717) is 12.6 Å². The fourth-order valence-corrected chi connectivity index (χ4v) is 2.87. The zero-order chi connectivity index (χ0) is 14.0. The molecule has 2 aliphatic heterocycles. The van der Waals surface area contributed by atoms with Crippen LogP contribution >= 0.6 is 0 Å². The number of nitrogens with zero attached hydrogens (tertiary/aromatic N) is 2. The Balaban J connectivity index is 1.86. The Hall–Kier alpha value is -1.10. The second kappa shape index (κ2) is 5.49. The lowest BCUT2D eigenvalue weighted by Gasteiger charge is -2.38. The van der Waals surface area contributed by atoms with E-state index in [0.717, 1.165) is 38.9 Å². The van der Waals surface area contributed by atoms with Crippen molar-refractivity contribution in [2.45, 2.75) is 39.2 Å². The molecule has 0 atom stereocenters. The van der Waals surface area contributed by atoms with E-state index in [9.17, 15) is 9.59 Å². The molecule has 0 bridgehead atoms. The average Bonchev–Trinajstić information content (AvgIpc) is 2.71. The number of carbonyl (C=O) groups excluding carboxylic acids is 2. The molecule has 2 aliphatic rings. The highest BCUT2D eigenvalue weighted by atomic mass is 16.2. The quantitative estimate of drug-likeness (QED) is 0.808. The Morgan fingerprint density at radius 2 is 2.00 bits per heavy atom. The maximum Gasteiger partial charge on any atom is 0.236 e. The molecular weight excluding hydrogens is 242 g/mol. The standard InChI is InChI=1S/C14H25N3O2/c1-11(2)16(3)10-12(18)17-8-5-14(6-9-17)4-7-15-13(14)19/h11H,4-10H2,1-3H3,(H,15,19). The highest BCUT2D eigenvalue weighted by Crippen LogP contribution is 2.37. The minimum absolute atomic E-state index is 0.180. The minimum atomic E-state index is -0.180. The summed E-state index contributed by atoms with van der Waals surface area (Å²) in [7, 11) is 1.97. The molecule has 19 heavy (non-hydrogen) atoms. The SMILES string of the molecule is CC(C)N(C)CC(=O)N1CCC2(CCNC2=O)CC1. The van der Waals surface area contributed by atoms with Gasteiger partial charge in [-0.3, -0.25) is 14.5 Å². The van der Waals surface area contributed by atoms with Crippen LogP contribution in [-0.2, 0) is 9.59 Å². The lowest BCUT2D eigenvalue weighted by atomic mass is 9.77. The molecule has 2 saturated heterocycles. The summed E-state index contributed by atoms with van der Waals surface area (Å²) in [6, 6.07) is 0.376. The number of hydrogen-bond acceptors (Lipinski definition) is 3. The molecule has 2 heterocycles. The predicted molar refractivity (Wildman–Crippen MR) is 73.6 cm³/mol. The van der Waals surface area contributed by atoms with E-state index < -0.39 is 0 Å². The molecule has 1 N–H and O–H groups in total. The monoisotopic (exact) mass is 267 g/mol. The molecular formula is C14H25N3O2. The number of likely N-dealkylation sites (tertiary alicyclic amines) is 1. The van der Waals surface area contributed by atoms with Gasteiger partial charge in [0.2, 0.25) is 11.8 Å². The number of piperidine rings is 1. The van der Waals surface area contributed by atoms with Crippen molar-refractivity contribution in [2.24, 2.45) is 5.41 Å². The molecule has 5 heteroatoms. The van der Waals surface area contributed by atoms with Crippen molar-refractivity contribution >= 4 is 11.8 Å². The fourth-order valence-electron chi connectivity index (χ4n) is 2.87. The van der Waals surface area contributed by atoms with Crippen molar-refractivity contribution in [1.29, 1.82) is 0 Å². The van der Waals surface area contributed by atoms with Gasteiger partial charge in [0, 0.05) is 25.7 Å². The summed E-state index contributed by atoms with van der Waals surface area (Å²) >= 11 is 0. The van der Waals surface area contributed by atoms with Crippen LogP contribution in [-0.4, -0.2) is 60.9 Å². The van der Waals surface area contributed by atoms with Gasteiger partial charge in [-0.2, -0.15) is 0 Å². The summed E-state index contributed by atoms with van der Waals surface area (Å²) in [5.41, 5.74) is -0.180. The van der Waals surface area contributed by atoms with Gasteiger partial charge in [-0.05, 0) is 40.2 Å². The number of rotatable bonds is 3. The van der Waals surface area contributed by atoms with Crippen LogP contribution < -0.4 is 5.32 Å². The smallest absolute Gasteiger partial charge is 0.236 e. The van der Waals surface area contributed by atoms with Gasteiger partial charge in [0.15, 0.2) is 0 Å². The minimum Gasteiger partial charge on any atom is -0.356 e. The van der Waals surface area contributed by atoms with Gasteiger partial charge in [0.1, 0.15) is 0 Å². The van der Waals surface area contributed by atoms with Crippen LogP contribution in [0, 0.1) is 5.41 Å². The molecule has 2 fully saturated rings. The normalized spacial score (nSPS) is 22.4. The summed E-state index contributed by atoms with van der Waals surface area (Å²) in [5.74, 6) is 0.378. The maximum atomic E-state index is 12.2. The van der Waals surface area contributed by atoms with Crippen LogP contribution in [0.4, 0.5) is 0 Å². The van der Waals surface area contributed by atoms with E-state index in [1.807, 2.05) is 11.9 Å². The van der Waals surface area contributed by atoms with Crippen LogP contribution in [0.2, 0.25) is 0 Å². The number of likely N-dealkylation sites (N-methyl/N-ethyl adjacent to an activating group) is 1. The fraction of sp³-hybridized carbons (Fsp3) is 0.857. The second-order valence-corrected chi connectivity index (χ2v) is 6.18. The molecule has 0 aliphatic carbocycles. The first kappa shape index (κ1) is 14.3. The van der Waals surface area contributed by atoms with Gasteiger partial charge >= 0.3 is 0 Å². The molecule has 5 nitrogen and oxygen atoms in total. The Labute approximate surface area is 115 Å². The molecule has 108 valence electrons. The average molecular weight is 267 g/mol. The summed E-state index contributed by atoms with van der Waals surface area (Å²) < 4.78 is 0. The third-order valence-electron chi connectivity index (χ3n) is 4.71. The van der Waals surface area contributed by atoms with Gasteiger partial charge < -0.3 is 10.2 Å². The third-order valence-corrected chi connectivity index (χ3v) is 4.71. The van der Waals surface area contributed by atoms with Crippen molar-refractivity contribution in [3.8, 4) is 0 Å². The van der Waals surface area contributed by atoms with Crippen molar-refractivity contribution in [1.82, 2.24) is 15.1 Å². The first-order valence-electron chi connectivity index (χ1n) is 7.21. The zero-order valence-electron chi connectivity index (χ0n) is 12.2. The summed E-state index contributed by atoms with van der Waals surface area (Å²) in [4.78, 5) is 28.0. The van der Waals surface area contributed by atoms with Gasteiger partial charge in [-0.15, -0.1) is 0 Å². The largest absolute Gasteiger partial charge is 0.356 e. The van der Waals surface area contributed by atoms with Crippen LogP contribution in [0.25, 0.3) is 0 Å². The topological polar surface area (TPSA) is 52.7 Å². The summed E-state index contributed by atoms with van der Waals surface area (Å²) in [6.07, 6.45) is 2.56. The van der Waals surface area contributed by atoms with Crippen molar-refractivity contribution in [2.75, 3.05) is 33.2 Å². The number of nitrogens with one attached hydrogen (secondary N) is 1. The number of amides is 2. The van der Waals surface area contributed by atoms with Crippen molar-refractivity contribution in [3.05, 3.63) is 0 Å². The first-order chi connectivity index (χ1) is 8.94. The zero-order valence-corrected chi connectivity index (χ0v) is 12.2. The van der Waals surface area contributed by atoms with E-state index in [4.69, 9.17) is 0 Å². The van der Waals surface area contributed by atoms with Crippen molar-refractivity contribution < 1.29 is 9.59 Å². The lowest BCUT2D eigenvalue weighted by molar-refractivity contribution is -0.139. The molecule has 0 aromatic carbocycles. The Kier molecular flexibility index (Phi) is 4.13. The van der Waals surface area contributed by atoms with Gasteiger partial charge in [-0.1, -0.05) is 0 Å². The summed E-state index contributed by atoms with van der Waals surface area (Å²) in [6.45, 7) is 6.87. The van der Waals surface area contributed by atoms with Crippen LogP contribution in [0.5, 0.6) is 0 Å². The second-order valence-electron chi connectivity index (χ2n) is 6.18. The Bertz CT molecular complexity index is 360. The molecule has 0 aromatic heterocycles. The molecule has 2 amide bonds. The maximum absolute atomic E-state index is 12.2. The van der Waals surface area contributed by atoms with Crippen molar-refractivity contribution in [3.63, 3.8) is 0 Å². The number of hydrogen-bond donors (Lipinski definition) is 1. The lowest BCUT2D eigenvalue weighted by Crippen LogP contribution is -2.49. The first-order valence-corrected chi connectivity index (χ1v) is 7.21. The molecule has 1 spiro atoms. The van der Waals surface area contributed by atoms with E-state index in [-0.39, 0.29) is 17.2 Å². The predicted octanol–water partition coefficient (Wildman–Crippen LogP) is 0.455. The van der Waals surface area contributed by atoms with Gasteiger partial charge in [-0.25, -0.2) is 0 Å². The molecule has 0 radical (unpaired) electrons. The highest BCUT2D eigenvalue weighted by molar-refractivity contribution is 5.85. The van der Waals surface area contributed by atoms with Gasteiger partial charge in [0.25, 0.3) is 0 Å². The van der Waals surface area contributed by atoms with E-state index in [2.05, 4.69) is 24.1 Å². The van der Waals surface area contributed by atoms with E-state index in [1.54, 1.807) is 0 Å². The molecule has 0 aromatic rings. The molecule has 2 rings (SSSR count). The summed E-state index contributed by atoms with van der Waals surface area (Å²) in [5, 5.41) is 2.92. The molecule has 0 unspecified atom stereocenters. The van der Waals surface area contributed by atoms with E-state index >= 15 is 0 Å². The van der Waals surface area contributed by atoms with Crippen LogP contribution in [0.3, 0.4) is 0 Å². The Morgan fingerprint density at radius 1 is 1.37 bits per heavy atom.